The van der Waals surface area contributed by atoms with Gasteiger partial charge in [0.25, 0.3) is 0 Å². The van der Waals surface area contributed by atoms with E-state index in [1.54, 1.807) is 0 Å². The molecule has 0 bridgehead atoms. The van der Waals surface area contributed by atoms with Crippen molar-refractivity contribution in [1.82, 2.24) is 14.9 Å². The standard InChI is InChI=1S/C13H19N5O2/c1-8(2)20-10-5-3-4-9-11(10)17-12(14)18(9)7-6-16-13(15)19/h3-5,8H,6-7H2,1-2H3,(H2,14,17)(H3,15,16,19). The van der Waals surface area contributed by atoms with Gasteiger partial charge in [0.1, 0.15) is 11.3 Å². The quantitative estimate of drug-likeness (QED) is 0.759. The van der Waals surface area contributed by atoms with E-state index in [2.05, 4.69) is 10.3 Å². The zero-order valence-electron chi connectivity index (χ0n) is 11.6. The Hall–Kier alpha value is -2.44. The van der Waals surface area contributed by atoms with Gasteiger partial charge in [-0.15, -0.1) is 0 Å². The van der Waals surface area contributed by atoms with Crippen LogP contribution in [0.2, 0.25) is 0 Å². The predicted molar refractivity (Wildman–Crippen MR) is 77.5 cm³/mol. The monoisotopic (exact) mass is 277 g/mol. The summed E-state index contributed by atoms with van der Waals surface area (Å²) in [4.78, 5) is 15.0. The highest BCUT2D eigenvalue weighted by atomic mass is 16.5. The molecule has 2 aromatic rings. The van der Waals surface area contributed by atoms with Crippen LogP contribution in [0.15, 0.2) is 18.2 Å². The average molecular weight is 277 g/mol. The number of aromatic nitrogens is 2. The Morgan fingerprint density at radius 1 is 1.50 bits per heavy atom. The number of primary amides is 1. The zero-order valence-corrected chi connectivity index (χ0v) is 11.6. The molecule has 1 aromatic heterocycles. The van der Waals surface area contributed by atoms with Gasteiger partial charge in [0.2, 0.25) is 5.95 Å². The number of rotatable bonds is 5. The summed E-state index contributed by atoms with van der Waals surface area (Å²) in [6.45, 7) is 4.79. The summed E-state index contributed by atoms with van der Waals surface area (Å²) in [6.07, 6.45) is 0.0588. The molecule has 0 aliphatic rings. The summed E-state index contributed by atoms with van der Waals surface area (Å²) >= 11 is 0. The van der Waals surface area contributed by atoms with Crippen LogP contribution in [0.4, 0.5) is 10.7 Å². The van der Waals surface area contributed by atoms with Crippen LogP contribution in [0.3, 0.4) is 0 Å². The summed E-state index contributed by atoms with van der Waals surface area (Å²) in [5.74, 6) is 1.08. The topological polar surface area (TPSA) is 108 Å². The Morgan fingerprint density at radius 3 is 2.90 bits per heavy atom. The molecular formula is C13H19N5O2. The number of nitrogens with one attached hydrogen (secondary N) is 1. The number of nitrogens with zero attached hydrogens (tertiary/aromatic N) is 2. The minimum absolute atomic E-state index is 0.0588. The molecule has 7 nitrogen and oxygen atoms in total. The molecule has 0 saturated carbocycles. The van der Waals surface area contributed by atoms with Gasteiger partial charge in [-0.25, -0.2) is 9.78 Å². The first kappa shape index (κ1) is 14.0. The third-order valence-corrected chi connectivity index (χ3v) is 2.77. The molecule has 0 saturated heterocycles. The Balaban J connectivity index is 2.31. The van der Waals surface area contributed by atoms with Gasteiger partial charge in [-0.3, -0.25) is 0 Å². The zero-order chi connectivity index (χ0) is 14.7. The number of ether oxygens (including phenoxy) is 1. The maximum Gasteiger partial charge on any atom is 0.312 e. The number of imidazole rings is 1. The van der Waals surface area contributed by atoms with Gasteiger partial charge in [-0.1, -0.05) is 6.07 Å². The van der Waals surface area contributed by atoms with Gasteiger partial charge in [-0.2, -0.15) is 0 Å². The number of nitrogens with two attached hydrogens (primary N) is 2. The van der Waals surface area contributed by atoms with Crippen LogP contribution in [-0.4, -0.2) is 28.2 Å². The van der Waals surface area contributed by atoms with Crippen LogP contribution in [0.1, 0.15) is 13.8 Å². The first-order valence-corrected chi connectivity index (χ1v) is 6.43. The van der Waals surface area contributed by atoms with E-state index in [1.807, 2.05) is 36.6 Å². The van der Waals surface area contributed by atoms with Crippen molar-refractivity contribution in [2.24, 2.45) is 5.73 Å². The van der Waals surface area contributed by atoms with Crippen LogP contribution in [0, 0.1) is 0 Å². The van der Waals surface area contributed by atoms with Crippen molar-refractivity contribution in [2.45, 2.75) is 26.5 Å². The summed E-state index contributed by atoms with van der Waals surface area (Å²) in [6, 6.07) is 5.10. The highest BCUT2D eigenvalue weighted by Gasteiger charge is 2.13. The fraction of sp³-hybridized carbons (Fsp3) is 0.385. The van der Waals surface area contributed by atoms with E-state index in [4.69, 9.17) is 16.2 Å². The van der Waals surface area contributed by atoms with E-state index in [-0.39, 0.29) is 6.10 Å². The number of carbonyl (C=O) groups excluding carboxylic acids is 1. The minimum Gasteiger partial charge on any atom is -0.489 e. The molecular weight excluding hydrogens is 258 g/mol. The van der Waals surface area contributed by atoms with Gasteiger partial charge in [0, 0.05) is 13.1 Å². The lowest BCUT2D eigenvalue weighted by Gasteiger charge is -2.10. The summed E-state index contributed by atoms with van der Waals surface area (Å²) in [5.41, 5.74) is 12.5. The molecule has 0 aliphatic heterocycles. The Bertz CT molecular complexity index is 620. The van der Waals surface area contributed by atoms with E-state index in [0.29, 0.717) is 24.8 Å². The van der Waals surface area contributed by atoms with E-state index in [0.717, 1.165) is 11.0 Å². The molecule has 0 radical (unpaired) electrons. The smallest absolute Gasteiger partial charge is 0.312 e. The second-order valence-electron chi connectivity index (χ2n) is 4.70. The first-order chi connectivity index (χ1) is 9.49. The number of nitrogen functional groups attached to an aromatic ring is 1. The fourth-order valence-corrected chi connectivity index (χ4v) is 2.01. The Kier molecular flexibility index (Phi) is 3.97. The molecule has 0 spiro atoms. The number of fused-ring (bicyclic) bond motifs is 1. The van der Waals surface area contributed by atoms with E-state index in [9.17, 15) is 4.79 Å². The van der Waals surface area contributed by atoms with Gasteiger partial charge >= 0.3 is 6.03 Å². The molecule has 108 valence electrons. The summed E-state index contributed by atoms with van der Waals surface area (Å²) in [7, 11) is 0. The van der Waals surface area contributed by atoms with Crippen LogP contribution >= 0.6 is 0 Å². The summed E-state index contributed by atoms with van der Waals surface area (Å²) < 4.78 is 7.54. The van der Waals surface area contributed by atoms with Gasteiger partial charge in [0.15, 0.2) is 0 Å². The third-order valence-electron chi connectivity index (χ3n) is 2.77. The molecule has 20 heavy (non-hydrogen) atoms. The van der Waals surface area contributed by atoms with Crippen molar-refractivity contribution in [3.63, 3.8) is 0 Å². The average Bonchev–Trinajstić information content (AvgIpc) is 2.66. The van der Waals surface area contributed by atoms with Crippen molar-refractivity contribution in [2.75, 3.05) is 12.3 Å². The largest absolute Gasteiger partial charge is 0.489 e. The Labute approximate surface area is 116 Å². The minimum atomic E-state index is -0.558. The van der Waals surface area contributed by atoms with Crippen molar-refractivity contribution < 1.29 is 9.53 Å². The predicted octanol–water partition coefficient (Wildman–Crippen LogP) is 1.07. The molecule has 5 N–H and O–H groups in total. The number of hydrogen-bond donors (Lipinski definition) is 3. The van der Waals surface area contributed by atoms with Crippen molar-refractivity contribution in [1.29, 1.82) is 0 Å². The highest BCUT2D eigenvalue weighted by molar-refractivity contribution is 5.84. The normalized spacial score (nSPS) is 10.9. The molecule has 0 atom stereocenters. The molecule has 2 rings (SSSR count). The molecule has 1 heterocycles. The van der Waals surface area contributed by atoms with Crippen molar-refractivity contribution >= 4 is 23.0 Å². The molecule has 2 amide bonds. The fourth-order valence-electron chi connectivity index (χ4n) is 2.01. The summed E-state index contributed by atoms with van der Waals surface area (Å²) in [5, 5.41) is 2.53. The van der Waals surface area contributed by atoms with Crippen molar-refractivity contribution in [3.8, 4) is 5.75 Å². The van der Waals surface area contributed by atoms with Crippen LogP contribution in [0.25, 0.3) is 11.0 Å². The van der Waals surface area contributed by atoms with Gasteiger partial charge in [0.05, 0.1) is 11.6 Å². The van der Waals surface area contributed by atoms with Crippen LogP contribution < -0.4 is 21.5 Å². The van der Waals surface area contributed by atoms with Crippen LogP contribution in [0.5, 0.6) is 5.75 Å². The van der Waals surface area contributed by atoms with E-state index < -0.39 is 6.03 Å². The molecule has 0 aliphatic carbocycles. The molecule has 7 heteroatoms. The SMILES string of the molecule is CC(C)Oc1cccc2c1nc(N)n2CCNC(N)=O. The molecule has 1 aromatic carbocycles. The highest BCUT2D eigenvalue weighted by Crippen LogP contribution is 2.27. The number of urea groups is 1. The van der Waals surface area contributed by atoms with Gasteiger partial charge in [-0.05, 0) is 26.0 Å². The number of para-hydroxylation sites is 1. The molecule has 0 unspecified atom stereocenters. The van der Waals surface area contributed by atoms with E-state index >= 15 is 0 Å². The number of carbonyl (C=O) groups is 1. The first-order valence-electron chi connectivity index (χ1n) is 6.43. The second-order valence-corrected chi connectivity index (χ2v) is 4.70. The maximum atomic E-state index is 10.7. The van der Waals surface area contributed by atoms with E-state index in [1.165, 1.54) is 0 Å². The number of anilines is 1. The second kappa shape index (κ2) is 5.68. The number of hydrogen-bond acceptors (Lipinski definition) is 4. The Morgan fingerprint density at radius 2 is 2.25 bits per heavy atom. The maximum absolute atomic E-state index is 10.7. The number of amides is 2. The van der Waals surface area contributed by atoms with Gasteiger partial charge < -0.3 is 26.1 Å². The lowest BCUT2D eigenvalue weighted by atomic mass is 10.3. The molecule has 0 fully saturated rings. The lowest BCUT2D eigenvalue weighted by molar-refractivity contribution is 0.245. The van der Waals surface area contributed by atoms with Crippen molar-refractivity contribution in [3.05, 3.63) is 18.2 Å². The lowest BCUT2D eigenvalue weighted by Crippen LogP contribution is -2.32. The van der Waals surface area contributed by atoms with Crippen LogP contribution in [-0.2, 0) is 6.54 Å². The number of benzene rings is 1. The third kappa shape index (κ3) is 2.93.